The summed E-state index contributed by atoms with van der Waals surface area (Å²) in [6.45, 7) is 0. The van der Waals surface area contributed by atoms with E-state index in [9.17, 15) is 0 Å². The van der Waals surface area contributed by atoms with Crippen LogP contribution in [-0.4, -0.2) is 29.9 Å². The van der Waals surface area contributed by atoms with Crippen LogP contribution < -0.4 is 0 Å². The van der Waals surface area contributed by atoms with Gasteiger partial charge in [-0.1, -0.05) is 158 Å². The van der Waals surface area contributed by atoms with Gasteiger partial charge in [0.05, 0.1) is 11.4 Å². The van der Waals surface area contributed by atoms with E-state index in [-0.39, 0.29) is 0 Å². The molecule has 306 valence electrons. The lowest BCUT2D eigenvalue weighted by atomic mass is 10.2. The molecule has 6 aromatic heterocycles. The van der Waals surface area contributed by atoms with E-state index in [0.717, 1.165) is 11.4 Å². The summed E-state index contributed by atoms with van der Waals surface area (Å²) in [5.74, 6) is 0. The maximum atomic E-state index is 4.19. The number of para-hydroxylation sites is 8. The first-order chi connectivity index (χ1) is 31.8. The molecule has 0 atom stereocenters. The van der Waals surface area contributed by atoms with Crippen molar-refractivity contribution in [2.45, 2.75) is 0 Å². The van der Waals surface area contributed by atoms with E-state index in [1.165, 1.54) is 87.2 Å². The zero-order valence-corrected chi connectivity index (χ0v) is 35.0. The summed E-state index contributed by atoms with van der Waals surface area (Å²) in [7, 11) is 0. The third-order valence-corrected chi connectivity index (χ3v) is 11.2. The van der Waals surface area contributed by atoms with Gasteiger partial charge in [0.2, 0.25) is 0 Å². The minimum atomic E-state index is 0.915. The van der Waals surface area contributed by atoms with Crippen molar-refractivity contribution in [3.63, 3.8) is 0 Å². The van der Waals surface area contributed by atoms with Crippen molar-refractivity contribution in [1.29, 1.82) is 0 Å². The molecule has 0 fully saturated rings. The Balaban J connectivity index is 0.0000000947. The van der Waals surface area contributed by atoms with Crippen LogP contribution in [0.15, 0.2) is 243 Å². The molecule has 4 N–H and O–H groups in total. The minimum absolute atomic E-state index is 0.915. The van der Waals surface area contributed by atoms with E-state index >= 15 is 0 Å². The second-order valence-electron chi connectivity index (χ2n) is 15.3. The Kier molecular flexibility index (Phi) is 11.4. The molecule has 14 aromatic rings. The lowest BCUT2D eigenvalue weighted by Gasteiger charge is -1.96. The first kappa shape index (κ1) is 39.4. The average molecular weight is 825 g/mol. The highest BCUT2D eigenvalue weighted by atomic mass is 14.8. The fraction of sp³-hybridized carbons (Fsp3) is 0. The summed E-state index contributed by atoms with van der Waals surface area (Å²) in [5, 5.41) is 10.4. The second-order valence-corrected chi connectivity index (χ2v) is 15.3. The fourth-order valence-electron chi connectivity index (χ4n) is 8.22. The molecular formula is C58H44N6. The molecule has 0 amide bonds. The van der Waals surface area contributed by atoms with Crippen LogP contribution in [0.2, 0.25) is 0 Å². The normalized spacial score (nSPS) is 10.8. The molecule has 6 nitrogen and oxygen atoms in total. The number of hydrogen-bond acceptors (Lipinski definition) is 2. The molecule has 0 aliphatic carbocycles. The van der Waals surface area contributed by atoms with Crippen LogP contribution in [0.4, 0.5) is 0 Å². The number of nitrogens with one attached hydrogen (secondary N) is 4. The highest BCUT2D eigenvalue weighted by molar-refractivity contribution is 6.09. The second kappa shape index (κ2) is 18.5. The van der Waals surface area contributed by atoms with Gasteiger partial charge in [-0.15, -0.1) is 0 Å². The van der Waals surface area contributed by atoms with Crippen LogP contribution in [0.1, 0.15) is 0 Å². The summed E-state index contributed by atoms with van der Waals surface area (Å²) in [4.78, 5) is 21.9. The highest BCUT2D eigenvalue weighted by Gasteiger charge is 2.04. The molecule has 64 heavy (non-hydrogen) atoms. The summed E-state index contributed by atoms with van der Waals surface area (Å²) in [5.41, 5.74) is 11.5. The number of aromatic amines is 4. The predicted molar refractivity (Wildman–Crippen MR) is 271 cm³/mol. The predicted octanol–water partition coefficient (Wildman–Crippen LogP) is 15.4. The smallest absolute Gasteiger partial charge is 0.0886 e. The summed E-state index contributed by atoms with van der Waals surface area (Å²) < 4.78 is 0. The summed E-state index contributed by atoms with van der Waals surface area (Å²) >= 11 is 0. The molecule has 0 aliphatic rings. The molecule has 0 saturated carbocycles. The Morgan fingerprint density at radius 1 is 0.188 bits per heavy atom. The monoisotopic (exact) mass is 824 g/mol. The molecule has 0 saturated heterocycles. The van der Waals surface area contributed by atoms with Crippen molar-refractivity contribution >= 4 is 87.2 Å². The standard InChI is InChI=1S/4C12H9N.C10H8N2/c4*1-3-7-11-9(5-1)10-6-2-4-8-12(10)13-11;1-3-7-11-9(5-1)10-6-2-4-8-12-10/h4*1-8,13H;1-8H. The topological polar surface area (TPSA) is 88.9 Å². The third kappa shape index (κ3) is 8.44. The van der Waals surface area contributed by atoms with Gasteiger partial charge in [-0.2, -0.15) is 0 Å². The zero-order chi connectivity index (χ0) is 42.9. The van der Waals surface area contributed by atoms with Gasteiger partial charge in [0.1, 0.15) is 0 Å². The molecule has 0 bridgehead atoms. The van der Waals surface area contributed by atoms with Gasteiger partial charge in [-0.25, -0.2) is 0 Å². The van der Waals surface area contributed by atoms with Crippen LogP contribution >= 0.6 is 0 Å². The van der Waals surface area contributed by atoms with Gasteiger partial charge < -0.3 is 19.9 Å². The van der Waals surface area contributed by atoms with Crippen molar-refractivity contribution in [2.24, 2.45) is 0 Å². The molecular weight excluding hydrogens is 781 g/mol. The van der Waals surface area contributed by atoms with Crippen LogP contribution in [-0.2, 0) is 0 Å². The number of nitrogens with zero attached hydrogens (tertiary/aromatic N) is 2. The van der Waals surface area contributed by atoms with Gasteiger partial charge in [0.25, 0.3) is 0 Å². The van der Waals surface area contributed by atoms with Crippen molar-refractivity contribution in [2.75, 3.05) is 0 Å². The molecule has 6 heteroatoms. The van der Waals surface area contributed by atoms with Gasteiger partial charge in [-0.05, 0) is 72.8 Å². The Morgan fingerprint density at radius 3 is 0.531 bits per heavy atom. The maximum Gasteiger partial charge on any atom is 0.0886 e. The number of pyridine rings is 2. The number of benzene rings is 8. The summed E-state index contributed by atoms with van der Waals surface area (Å²) in [6, 6.07) is 78.6. The lowest BCUT2D eigenvalue weighted by molar-refractivity contribution is 1.25. The van der Waals surface area contributed by atoms with Crippen molar-refractivity contribution < 1.29 is 0 Å². The SMILES string of the molecule is c1ccc(-c2ccccn2)nc1.c1ccc2c(c1)[nH]c1ccccc12.c1ccc2c(c1)[nH]c1ccccc12.c1ccc2c(c1)[nH]c1ccccc12.c1ccc2c(c1)[nH]c1ccccc12. The molecule has 0 aliphatic heterocycles. The van der Waals surface area contributed by atoms with E-state index in [1.807, 2.05) is 36.4 Å². The van der Waals surface area contributed by atoms with Gasteiger partial charge in [0, 0.05) is 99.6 Å². The maximum absolute atomic E-state index is 4.19. The third-order valence-electron chi connectivity index (χ3n) is 11.2. The molecule has 8 aromatic carbocycles. The molecule has 14 rings (SSSR count). The number of hydrogen-bond donors (Lipinski definition) is 4. The Morgan fingerprint density at radius 2 is 0.359 bits per heavy atom. The van der Waals surface area contributed by atoms with Gasteiger partial charge in [-0.3, -0.25) is 9.97 Å². The van der Waals surface area contributed by atoms with Crippen molar-refractivity contribution in [1.82, 2.24) is 29.9 Å². The van der Waals surface area contributed by atoms with Crippen LogP contribution in [0.25, 0.3) is 98.6 Å². The first-order valence-electron chi connectivity index (χ1n) is 21.4. The Hall–Kier alpha value is -8.74. The van der Waals surface area contributed by atoms with E-state index in [1.54, 1.807) is 12.4 Å². The molecule has 0 radical (unpaired) electrons. The van der Waals surface area contributed by atoms with Crippen LogP contribution in [0, 0.1) is 0 Å². The van der Waals surface area contributed by atoms with Crippen molar-refractivity contribution in [3.05, 3.63) is 243 Å². The highest BCUT2D eigenvalue weighted by Crippen LogP contribution is 2.27. The fourth-order valence-corrected chi connectivity index (χ4v) is 8.22. The Bertz CT molecular complexity index is 3080. The molecule has 0 unspecified atom stereocenters. The average Bonchev–Trinajstić information content (AvgIpc) is 4.16. The van der Waals surface area contributed by atoms with Crippen LogP contribution in [0.5, 0.6) is 0 Å². The quantitative estimate of drug-likeness (QED) is 0.133. The summed E-state index contributed by atoms with van der Waals surface area (Å²) in [6.07, 6.45) is 3.54. The number of H-pyrrole nitrogens is 4. The minimum Gasteiger partial charge on any atom is -0.355 e. The lowest BCUT2D eigenvalue weighted by Crippen LogP contribution is -1.83. The Labute approximate surface area is 369 Å². The molecule has 0 spiro atoms. The number of rotatable bonds is 1. The van der Waals surface area contributed by atoms with E-state index in [4.69, 9.17) is 0 Å². The van der Waals surface area contributed by atoms with Crippen molar-refractivity contribution in [3.8, 4) is 11.4 Å². The number of aromatic nitrogens is 6. The number of fused-ring (bicyclic) bond motifs is 12. The van der Waals surface area contributed by atoms with E-state index < -0.39 is 0 Å². The van der Waals surface area contributed by atoms with E-state index in [2.05, 4.69) is 224 Å². The van der Waals surface area contributed by atoms with E-state index in [0.29, 0.717) is 0 Å². The first-order valence-corrected chi connectivity index (χ1v) is 21.4. The molecule has 6 heterocycles. The van der Waals surface area contributed by atoms with Gasteiger partial charge >= 0.3 is 0 Å². The largest absolute Gasteiger partial charge is 0.355 e. The van der Waals surface area contributed by atoms with Gasteiger partial charge in [0.15, 0.2) is 0 Å². The van der Waals surface area contributed by atoms with Crippen LogP contribution in [0.3, 0.4) is 0 Å². The zero-order valence-electron chi connectivity index (χ0n) is 35.0.